The van der Waals surface area contributed by atoms with Crippen molar-refractivity contribution in [2.24, 2.45) is 11.8 Å². The molecule has 1 fully saturated rings. The van der Waals surface area contributed by atoms with Gasteiger partial charge in [-0.3, -0.25) is 0 Å². The molecule has 1 aliphatic rings. The third-order valence-corrected chi connectivity index (χ3v) is 6.80. The van der Waals surface area contributed by atoms with E-state index >= 15 is 0 Å². The molecule has 2 aromatic carbocycles. The fourth-order valence-electron chi connectivity index (χ4n) is 3.52. The van der Waals surface area contributed by atoms with Crippen LogP contribution in [0.25, 0.3) is 11.1 Å². The summed E-state index contributed by atoms with van der Waals surface area (Å²) in [4.78, 5) is 0.183. The molecule has 1 aliphatic carbocycles. The van der Waals surface area contributed by atoms with Crippen molar-refractivity contribution in [3.63, 3.8) is 0 Å². The van der Waals surface area contributed by atoms with Crippen LogP contribution >= 0.6 is 0 Å². The molecule has 1 N–H and O–H groups in total. The summed E-state index contributed by atoms with van der Waals surface area (Å²) in [5, 5.41) is 9.35. The van der Waals surface area contributed by atoms with E-state index in [-0.39, 0.29) is 34.7 Å². The summed E-state index contributed by atoms with van der Waals surface area (Å²) in [5.74, 6) is -1.31. The van der Waals surface area contributed by atoms with E-state index in [2.05, 4.69) is 0 Å². The lowest BCUT2D eigenvalue weighted by molar-refractivity contribution is 0.202. The second kappa shape index (κ2) is 7.22. The van der Waals surface area contributed by atoms with Crippen LogP contribution in [0.5, 0.6) is 0 Å². The highest BCUT2D eigenvalue weighted by Gasteiger charge is 2.31. The lowest BCUT2D eigenvalue weighted by Gasteiger charge is -2.17. The van der Waals surface area contributed by atoms with Crippen molar-refractivity contribution in [3.8, 4) is 11.1 Å². The third-order valence-electron chi connectivity index (χ3n) is 4.94. The fourth-order valence-corrected chi connectivity index (χ4v) is 5.26. The largest absolute Gasteiger partial charge is 0.396 e. The van der Waals surface area contributed by atoms with Crippen LogP contribution in [0.2, 0.25) is 0 Å². The van der Waals surface area contributed by atoms with Gasteiger partial charge in [0.1, 0.15) is 11.6 Å². The molecule has 0 heterocycles. The summed E-state index contributed by atoms with van der Waals surface area (Å²) >= 11 is 0. The average Bonchev–Trinajstić information content (AvgIpc) is 3.01. The Hall–Kier alpha value is -1.79. The standard InChI is InChI=1S/C19H20F2O3S/c20-16-6-9-18(19(21)10-16)13-4-7-17(8-5-13)25(23,24)12-15-3-1-2-14(15)11-22/h4-10,14-15,22H,1-3,11-12H2/t14-,15+/m1/s1. The molecular weight excluding hydrogens is 346 g/mol. The number of sulfone groups is 1. The van der Waals surface area contributed by atoms with Crippen molar-refractivity contribution in [1.82, 2.24) is 0 Å². The van der Waals surface area contributed by atoms with Gasteiger partial charge in [0.15, 0.2) is 9.84 Å². The van der Waals surface area contributed by atoms with Gasteiger partial charge in [0, 0.05) is 18.2 Å². The van der Waals surface area contributed by atoms with E-state index in [1.165, 1.54) is 30.3 Å². The Morgan fingerprint density at radius 2 is 1.68 bits per heavy atom. The number of hydrogen-bond donors (Lipinski definition) is 1. The molecular formula is C19H20F2O3S. The van der Waals surface area contributed by atoms with Crippen molar-refractivity contribution in [1.29, 1.82) is 0 Å². The van der Waals surface area contributed by atoms with Gasteiger partial charge in [-0.1, -0.05) is 18.6 Å². The molecule has 0 aliphatic heterocycles. The van der Waals surface area contributed by atoms with Crippen LogP contribution in [-0.4, -0.2) is 25.9 Å². The lowest BCUT2D eigenvalue weighted by Crippen LogP contribution is -2.22. The fraction of sp³-hybridized carbons (Fsp3) is 0.368. The minimum atomic E-state index is -3.47. The summed E-state index contributed by atoms with van der Waals surface area (Å²) in [6, 6.07) is 9.27. The van der Waals surface area contributed by atoms with Gasteiger partial charge < -0.3 is 5.11 Å². The maximum absolute atomic E-state index is 13.8. The van der Waals surface area contributed by atoms with Crippen LogP contribution in [0.1, 0.15) is 19.3 Å². The van der Waals surface area contributed by atoms with Gasteiger partial charge in [0.05, 0.1) is 10.6 Å². The van der Waals surface area contributed by atoms with E-state index in [0.29, 0.717) is 5.56 Å². The number of halogens is 2. The van der Waals surface area contributed by atoms with Crippen molar-refractivity contribution in [3.05, 3.63) is 54.1 Å². The molecule has 0 saturated heterocycles. The van der Waals surface area contributed by atoms with Crippen LogP contribution in [0, 0.1) is 23.5 Å². The maximum Gasteiger partial charge on any atom is 0.178 e. The highest BCUT2D eigenvalue weighted by Crippen LogP contribution is 2.34. The second-order valence-electron chi connectivity index (χ2n) is 6.56. The first-order chi connectivity index (χ1) is 11.9. The Bertz CT molecular complexity index is 847. The number of aliphatic hydroxyl groups excluding tert-OH is 1. The summed E-state index contributed by atoms with van der Waals surface area (Å²) in [6.07, 6.45) is 2.61. The number of hydrogen-bond acceptors (Lipinski definition) is 3. The normalized spacial score (nSPS) is 20.8. The van der Waals surface area contributed by atoms with Crippen LogP contribution < -0.4 is 0 Å². The monoisotopic (exact) mass is 366 g/mol. The smallest absolute Gasteiger partial charge is 0.178 e. The van der Waals surface area contributed by atoms with Gasteiger partial charge in [-0.15, -0.1) is 0 Å². The summed E-state index contributed by atoms with van der Waals surface area (Å²) in [7, 11) is -3.47. The van der Waals surface area contributed by atoms with Gasteiger partial charge in [0.2, 0.25) is 0 Å². The van der Waals surface area contributed by atoms with E-state index in [1.807, 2.05) is 0 Å². The maximum atomic E-state index is 13.8. The van der Waals surface area contributed by atoms with Crippen LogP contribution in [-0.2, 0) is 9.84 Å². The minimum Gasteiger partial charge on any atom is -0.396 e. The summed E-state index contributed by atoms with van der Waals surface area (Å²) in [5.41, 5.74) is 0.715. The van der Waals surface area contributed by atoms with E-state index in [9.17, 15) is 22.3 Å². The topological polar surface area (TPSA) is 54.4 Å². The molecule has 2 atom stereocenters. The zero-order chi connectivity index (χ0) is 18.0. The summed E-state index contributed by atoms with van der Waals surface area (Å²) in [6.45, 7) is 0.0168. The Morgan fingerprint density at radius 1 is 1.00 bits per heavy atom. The molecule has 2 aromatic rings. The average molecular weight is 366 g/mol. The van der Waals surface area contributed by atoms with Gasteiger partial charge in [-0.2, -0.15) is 0 Å². The molecule has 1 saturated carbocycles. The quantitative estimate of drug-likeness (QED) is 0.875. The Labute approximate surface area is 146 Å². The van der Waals surface area contributed by atoms with Crippen LogP contribution in [0.15, 0.2) is 47.4 Å². The first kappa shape index (κ1) is 18.0. The molecule has 6 heteroatoms. The minimum absolute atomic E-state index is 0.0164. The SMILES string of the molecule is O=S(=O)(C[C@@H]1CCC[C@@H]1CO)c1ccc(-c2ccc(F)cc2F)cc1. The molecule has 0 unspecified atom stereocenters. The van der Waals surface area contributed by atoms with E-state index in [4.69, 9.17) is 0 Å². The van der Waals surface area contributed by atoms with Crippen LogP contribution in [0.3, 0.4) is 0 Å². The predicted octanol–water partition coefficient (Wildman–Crippen LogP) is 3.81. The molecule has 3 rings (SSSR count). The first-order valence-corrected chi connectivity index (χ1v) is 9.95. The van der Waals surface area contributed by atoms with Gasteiger partial charge in [-0.05, 0) is 54.5 Å². The van der Waals surface area contributed by atoms with Crippen LogP contribution in [0.4, 0.5) is 8.78 Å². The van der Waals surface area contributed by atoms with E-state index < -0.39 is 21.5 Å². The highest BCUT2D eigenvalue weighted by atomic mass is 32.2. The zero-order valence-electron chi connectivity index (χ0n) is 13.7. The molecule has 0 spiro atoms. The van der Waals surface area contributed by atoms with Crippen molar-refractivity contribution in [2.75, 3.05) is 12.4 Å². The highest BCUT2D eigenvalue weighted by molar-refractivity contribution is 7.91. The Kier molecular flexibility index (Phi) is 5.20. The Morgan fingerprint density at radius 3 is 2.32 bits per heavy atom. The predicted molar refractivity (Wildman–Crippen MR) is 91.8 cm³/mol. The molecule has 134 valence electrons. The molecule has 0 bridgehead atoms. The van der Waals surface area contributed by atoms with Crippen molar-refractivity contribution >= 4 is 9.84 Å². The number of rotatable bonds is 5. The molecule has 0 aromatic heterocycles. The van der Waals surface area contributed by atoms with Gasteiger partial charge in [-0.25, -0.2) is 17.2 Å². The third kappa shape index (κ3) is 3.90. The molecule has 0 radical (unpaired) electrons. The van der Waals surface area contributed by atoms with E-state index in [0.717, 1.165) is 31.4 Å². The molecule has 3 nitrogen and oxygen atoms in total. The zero-order valence-corrected chi connectivity index (χ0v) is 14.5. The van der Waals surface area contributed by atoms with Crippen molar-refractivity contribution in [2.45, 2.75) is 24.2 Å². The lowest BCUT2D eigenvalue weighted by atomic mass is 9.99. The van der Waals surface area contributed by atoms with Gasteiger partial charge in [0.25, 0.3) is 0 Å². The molecule has 25 heavy (non-hydrogen) atoms. The number of aliphatic hydroxyl groups is 1. The Balaban J connectivity index is 1.81. The summed E-state index contributed by atoms with van der Waals surface area (Å²) < 4.78 is 52.0. The van der Waals surface area contributed by atoms with Crippen molar-refractivity contribution < 1.29 is 22.3 Å². The number of benzene rings is 2. The second-order valence-corrected chi connectivity index (χ2v) is 8.60. The van der Waals surface area contributed by atoms with E-state index in [1.54, 1.807) is 0 Å². The molecule has 0 amide bonds. The first-order valence-electron chi connectivity index (χ1n) is 8.30. The van der Waals surface area contributed by atoms with Gasteiger partial charge >= 0.3 is 0 Å².